The average Bonchev–Trinajstić information content (AvgIpc) is 2.73. The fourth-order valence-corrected chi connectivity index (χ4v) is 4.22. The van der Waals surface area contributed by atoms with E-state index >= 15 is 0 Å². The number of nitrogens with one attached hydrogen (secondary N) is 4. The van der Waals surface area contributed by atoms with Crippen LogP contribution in [-0.4, -0.2) is 74.5 Å². The number of hydrogen-bond acceptors (Lipinski definition) is 8. The lowest BCUT2D eigenvalue weighted by molar-refractivity contribution is 0.0630. The van der Waals surface area contributed by atoms with Crippen LogP contribution >= 0.6 is 0 Å². The lowest BCUT2D eigenvalue weighted by Gasteiger charge is -2.45. The minimum Gasteiger partial charge on any atom is -0.493 e. The summed E-state index contributed by atoms with van der Waals surface area (Å²) in [4.78, 5) is 2.45. The van der Waals surface area contributed by atoms with Gasteiger partial charge in [-0.1, -0.05) is 13.3 Å². The maximum absolute atomic E-state index is 10.3. The Hall–Kier alpha value is -1.58. The van der Waals surface area contributed by atoms with Crippen LogP contribution in [0.5, 0.6) is 11.5 Å². The fraction of sp³-hybridized carbons (Fsp3) is 0.739. The van der Waals surface area contributed by atoms with Crippen molar-refractivity contribution in [3.63, 3.8) is 0 Å². The topological polar surface area (TPSA) is 90.1 Å². The number of nitrogens with zero attached hydrogens (tertiary/aromatic N) is 1. The van der Waals surface area contributed by atoms with Gasteiger partial charge in [-0.2, -0.15) is 0 Å². The predicted molar refractivity (Wildman–Crippen MR) is 125 cm³/mol. The Bertz CT molecular complexity index is 673. The lowest BCUT2D eigenvalue weighted by atomic mass is 9.93. The SMILES string of the molecule is CCCN1C(C)CC(NC)NC1Nc1ccc(OC)c(OC[C@H](O)CNC2CCC2)c1. The van der Waals surface area contributed by atoms with Crippen molar-refractivity contribution in [1.29, 1.82) is 0 Å². The molecular formula is C23H41N5O3. The highest BCUT2D eigenvalue weighted by Gasteiger charge is 2.31. The second-order valence-corrected chi connectivity index (χ2v) is 8.74. The number of benzene rings is 1. The molecule has 4 atom stereocenters. The molecule has 2 fully saturated rings. The van der Waals surface area contributed by atoms with Gasteiger partial charge in [0.25, 0.3) is 0 Å². The summed E-state index contributed by atoms with van der Waals surface area (Å²) in [6, 6.07) is 6.87. The number of aliphatic hydroxyl groups is 1. The second kappa shape index (κ2) is 11.9. The zero-order valence-electron chi connectivity index (χ0n) is 19.5. The molecule has 1 aliphatic heterocycles. The molecule has 31 heavy (non-hydrogen) atoms. The highest BCUT2D eigenvalue weighted by atomic mass is 16.5. The van der Waals surface area contributed by atoms with Gasteiger partial charge in [-0.3, -0.25) is 10.2 Å². The molecule has 1 saturated carbocycles. The standard InChI is InChI=1S/C23H41N5O3/c1-5-11-28-16(2)12-22(24-3)27-23(28)26-18-9-10-20(30-4)21(13-18)31-15-19(29)14-25-17-7-6-8-17/h9-10,13,16-17,19,22-27,29H,5-8,11-12,14-15H2,1-4H3/t16?,19-,22?,23?/m1/s1. The van der Waals surface area contributed by atoms with E-state index in [-0.39, 0.29) is 19.1 Å². The Kier molecular flexibility index (Phi) is 9.22. The third-order valence-corrected chi connectivity index (χ3v) is 6.31. The predicted octanol–water partition coefficient (Wildman–Crippen LogP) is 1.91. The first-order valence-electron chi connectivity index (χ1n) is 11.7. The minimum absolute atomic E-state index is 0.0136. The quantitative estimate of drug-likeness (QED) is 0.340. The van der Waals surface area contributed by atoms with Crippen LogP contribution in [0, 0.1) is 0 Å². The van der Waals surface area contributed by atoms with Gasteiger partial charge in [-0.25, -0.2) is 0 Å². The summed E-state index contributed by atoms with van der Waals surface area (Å²) in [5.74, 6) is 1.29. The van der Waals surface area contributed by atoms with Gasteiger partial charge in [0.1, 0.15) is 19.0 Å². The van der Waals surface area contributed by atoms with Gasteiger partial charge in [0.05, 0.1) is 13.3 Å². The van der Waals surface area contributed by atoms with E-state index in [9.17, 15) is 5.11 Å². The van der Waals surface area contributed by atoms with Crippen molar-refractivity contribution in [1.82, 2.24) is 20.9 Å². The summed E-state index contributed by atoms with van der Waals surface area (Å²) in [6.45, 7) is 6.27. The van der Waals surface area contributed by atoms with Crippen LogP contribution in [0.15, 0.2) is 18.2 Å². The monoisotopic (exact) mass is 435 g/mol. The molecule has 0 spiro atoms. The normalized spacial score (nSPS) is 25.6. The van der Waals surface area contributed by atoms with E-state index in [0.717, 1.165) is 25.1 Å². The van der Waals surface area contributed by atoms with Crippen molar-refractivity contribution in [2.75, 3.05) is 39.2 Å². The summed E-state index contributed by atoms with van der Waals surface area (Å²) in [7, 11) is 3.62. The zero-order chi connectivity index (χ0) is 22.2. The number of hydrogen-bond donors (Lipinski definition) is 5. The maximum atomic E-state index is 10.3. The summed E-state index contributed by atoms with van der Waals surface area (Å²) >= 11 is 0. The summed E-state index contributed by atoms with van der Waals surface area (Å²) in [6.07, 6.45) is 5.54. The molecule has 3 rings (SSSR count). The average molecular weight is 436 g/mol. The molecule has 176 valence electrons. The molecular weight excluding hydrogens is 394 g/mol. The molecule has 0 amide bonds. The van der Waals surface area contributed by atoms with Crippen LogP contribution < -0.4 is 30.7 Å². The Balaban J connectivity index is 1.62. The first kappa shape index (κ1) is 24.1. The first-order chi connectivity index (χ1) is 15.0. The number of rotatable bonds is 12. The number of anilines is 1. The molecule has 1 aromatic carbocycles. The van der Waals surface area contributed by atoms with Gasteiger partial charge in [0.15, 0.2) is 11.5 Å². The highest BCUT2D eigenvalue weighted by Crippen LogP contribution is 2.31. The minimum atomic E-state index is -0.556. The van der Waals surface area contributed by atoms with E-state index in [1.807, 2.05) is 25.2 Å². The van der Waals surface area contributed by atoms with Crippen LogP contribution in [0.2, 0.25) is 0 Å². The first-order valence-corrected chi connectivity index (χ1v) is 11.7. The Morgan fingerprint density at radius 3 is 2.74 bits per heavy atom. The van der Waals surface area contributed by atoms with Gasteiger partial charge in [0, 0.05) is 36.9 Å². The van der Waals surface area contributed by atoms with Crippen LogP contribution in [-0.2, 0) is 0 Å². The third kappa shape index (κ3) is 6.70. The lowest BCUT2D eigenvalue weighted by Crippen LogP contribution is -2.65. The molecule has 8 heteroatoms. The molecule has 0 aromatic heterocycles. The molecule has 0 bridgehead atoms. The molecule has 0 radical (unpaired) electrons. The number of aliphatic hydroxyl groups excluding tert-OH is 1. The van der Waals surface area contributed by atoms with Crippen molar-refractivity contribution < 1.29 is 14.6 Å². The van der Waals surface area contributed by atoms with E-state index in [1.165, 1.54) is 19.3 Å². The van der Waals surface area contributed by atoms with Crippen LogP contribution in [0.1, 0.15) is 46.0 Å². The molecule has 5 N–H and O–H groups in total. The van der Waals surface area contributed by atoms with Crippen LogP contribution in [0.3, 0.4) is 0 Å². The Morgan fingerprint density at radius 2 is 2.10 bits per heavy atom. The molecule has 8 nitrogen and oxygen atoms in total. The van der Waals surface area contributed by atoms with Crippen molar-refractivity contribution >= 4 is 5.69 Å². The Labute approximate surface area is 187 Å². The zero-order valence-corrected chi connectivity index (χ0v) is 19.5. The van der Waals surface area contributed by atoms with Gasteiger partial charge >= 0.3 is 0 Å². The van der Waals surface area contributed by atoms with Crippen LogP contribution in [0.25, 0.3) is 0 Å². The molecule has 1 aliphatic carbocycles. The highest BCUT2D eigenvalue weighted by molar-refractivity contribution is 5.55. The van der Waals surface area contributed by atoms with Crippen molar-refractivity contribution in [3.05, 3.63) is 18.2 Å². The van der Waals surface area contributed by atoms with E-state index < -0.39 is 6.10 Å². The van der Waals surface area contributed by atoms with Crippen LogP contribution in [0.4, 0.5) is 5.69 Å². The summed E-state index contributed by atoms with van der Waals surface area (Å²) in [5, 5.41) is 24.3. The smallest absolute Gasteiger partial charge is 0.163 e. The maximum Gasteiger partial charge on any atom is 0.163 e. The van der Waals surface area contributed by atoms with E-state index in [1.54, 1.807) is 7.11 Å². The number of ether oxygens (including phenoxy) is 2. The molecule has 1 heterocycles. The molecule has 1 saturated heterocycles. The molecule has 1 aromatic rings. The second-order valence-electron chi connectivity index (χ2n) is 8.74. The van der Waals surface area contributed by atoms with Crippen molar-refractivity contribution in [3.8, 4) is 11.5 Å². The van der Waals surface area contributed by atoms with Crippen molar-refractivity contribution in [2.24, 2.45) is 0 Å². The van der Waals surface area contributed by atoms with Gasteiger partial charge in [0.2, 0.25) is 0 Å². The largest absolute Gasteiger partial charge is 0.493 e. The van der Waals surface area contributed by atoms with Gasteiger partial charge < -0.3 is 30.5 Å². The van der Waals surface area contributed by atoms with Crippen molar-refractivity contribution in [2.45, 2.75) is 76.6 Å². The third-order valence-electron chi connectivity index (χ3n) is 6.31. The Morgan fingerprint density at radius 1 is 1.29 bits per heavy atom. The fourth-order valence-electron chi connectivity index (χ4n) is 4.22. The van der Waals surface area contributed by atoms with Gasteiger partial charge in [-0.15, -0.1) is 0 Å². The molecule has 3 unspecified atom stereocenters. The summed E-state index contributed by atoms with van der Waals surface area (Å²) in [5.41, 5.74) is 0.945. The number of methoxy groups -OCH3 is 1. The van der Waals surface area contributed by atoms with Gasteiger partial charge in [-0.05, 0) is 51.8 Å². The summed E-state index contributed by atoms with van der Waals surface area (Å²) < 4.78 is 11.4. The van der Waals surface area contributed by atoms with E-state index in [4.69, 9.17) is 9.47 Å². The molecule has 2 aliphatic rings. The van der Waals surface area contributed by atoms with E-state index in [2.05, 4.69) is 40.0 Å². The van der Waals surface area contributed by atoms with E-state index in [0.29, 0.717) is 30.1 Å².